The van der Waals surface area contributed by atoms with Crippen LogP contribution in [0.15, 0.2) is 47.2 Å². The number of ketones is 2. The monoisotopic (exact) mass is 406 g/mol. The molecule has 8 heteroatoms. The Morgan fingerprint density at radius 1 is 1.18 bits per heavy atom. The summed E-state index contributed by atoms with van der Waals surface area (Å²) in [6.45, 7) is 1.30. The van der Waals surface area contributed by atoms with Crippen LogP contribution in [-0.4, -0.2) is 63.0 Å². The van der Waals surface area contributed by atoms with Crippen LogP contribution in [0.2, 0.25) is 0 Å². The van der Waals surface area contributed by atoms with E-state index in [0.29, 0.717) is 17.7 Å². The van der Waals surface area contributed by atoms with Crippen LogP contribution in [-0.2, 0) is 14.3 Å². The summed E-state index contributed by atoms with van der Waals surface area (Å²) in [7, 11) is 5.27. The number of nitrogens with zero attached hydrogens (tertiary/aromatic N) is 1. The van der Waals surface area contributed by atoms with E-state index in [-0.39, 0.29) is 40.9 Å². The van der Waals surface area contributed by atoms with Crippen LogP contribution < -0.4 is 5.32 Å². The van der Waals surface area contributed by atoms with Gasteiger partial charge < -0.3 is 19.7 Å². The van der Waals surface area contributed by atoms with E-state index in [1.54, 1.807) is 24.3 Å². The number of hydrogen-bond acceptors (Lipinski definition) is 6. The molecule has 1 aliphatic heterocycles. The molecule has 0 saturated heterocycles. The summed E-state index contributed by atoms with van der Waals surface area (Å²) in [5.74, 6) is -1.12. The predicted molar refractivity (Wildman–Crippen MR) is 106 cm³/mol. The molecule has 0 saturated carbocycles. The molecule has 1 aromatic rings. The van der Waals surface area contributed by atoms with E-state index in [1.165, 1.54) is 13.2 Å². The lowest BCUT2D eigenvalue weighted by Crippen LogP contribution is -2.37. The Balaban J connectivity index is 0.00000280. The van der Waals surface area contributed by atoms with Crippen molar-refractivity contribution in [2.24, 2.45) is 0 Å². The van der Waals surface area contributed by atoms with Crippen LogP contribution in [0.3, 0.4) is 0 Å². The number of carbonyl (C=O) groups excluding carboxylic acids is 3. The maximum atomic E-state index is 12.9. The zero-order chi connectivity index (χ0) is 19.6. The highest BCUT2D eigenvalue weighted by molar-refractivity contribution is 6.28. The van der Waals surface area contributed by atoms with Gasteiger partial charge in [0.2, 0.25) is 6.29 Å². The van der Waals surface area contributed by atoms with Crippen LogP contribution in [0.25, 0.3) is 0 Å². The molecule has 150 valence electrons. The summed E-state index contributed by atoms with van der Waals surface area (Å²) in [6.07, 6.45) is 1.01. The molecule has 7 nitrogen and oxygen atoms in total. The number of rotatable bonds is 6. The highest BCUT2D eigenvalue weighted by atomic mass is 35.5. The average Bonchev–Trinajstić information content (AvgIpc) is 2.68. The second-order valence-corrected chi connectivity index (χ2v) is 6.64. The van der Waals surface area contributed by atoms with Gasteiger partial charge in [0.25, 0.3) is 5.91 Å². The first-order valence-electron chi connectivity index (χ1n) is 8.70. The van der Waals surface area contributed by atoms with Crippen molar-refractivity contribution in [3.05, 3.63) is 58.4 Å². The predicted octanol–water partition coefficient (Wildman–Crippen LogP) is 1.74. The number of nitrogens with one attached hydrogen (secondary N) is 1. The number of Topliss-reactive ketones (excluding diaryl/α,β-unsaturated/α-hetero) is 2. The molecular weight excluding hydrogens is 384 g/mol. The lowest BCUT2D eigenvalue weighted by molar-refractivity contribution is -0.128. The highest BCUT2D eigenvalue weighted by Gasteiger charge is 2.40. The maximum Gasteiger partial charge on any atom is 0.286 e. The lowest BCUT2D eigenvalue weighted by atomic mass is 9.82. The molecule has 0 radical (unpaired) electrons. The SMILES string of the molecule is COC1OC(C(=O)NCCCN(C)C)=CC2=C1C(=O)c1ccccc1C2=O.Cl. The molecule has 1 N–H and O–H groups in total. The second-order valence-electron chi connectivity index (χ2n) is 6.64. The van der Waals surface area contributed by atoms with Gasteiger partial charge in [0.15, 0.2) is 17.3 Å². The van der Waals surface area contributed by atoms with Crippen molar-refractivity contribution in [3.63, 3.8) is 0 Å². The van der Waals surface area contributed by atoms with Crippen molar-refractivity contribution in [3.8, 4) is 0 Å². The molecule has 1 aromatic carbocycles. The molecule has 3 rings (SSSR count). The number of ether oxygens (including phenoxy) is 2. The third kappa shape index (κ3) is 4.16. The van der Waals surface area contributed by atoms with E-state index < -0.39 is 12.2 Å². The van der Waals surface area contributed by atoms with Gasteiger partial charge >= 0.3 is 0 Å². The molecule has 1 atom stereocenters. The molecule has 28 heavy (non-hydrogen) atoms. The summed E-state index contributed by atoms with van der Waals surface area (Å²) in [5, 5.41) is 2.76. The third-order valence-electron chi connectivity index (χ3n) is 4.45. The fourth-order valence-corrected chi connectivity index (χ4v) is 3.10. The Morgan fingerprint density at radius 2 is 1.82 bits per heavy atom. The first kappa shape index (κ1) is 21.8. The van der Waals surface area contributed by atoms with E-state index in [1.807, 2.05) is 19.0 Å². The van der Waals surface area contributed by atoms with E-state index in [0.717, 1.165) is 13.0 Å². The van der Waals surface area contributed by atoms with Gasteiger partial charge in [-0.2, -0.15) is 0 Å². The van der Waals surface area contributed by atoms with Gasteiger partial charge in [0.05, 0.1) is 5.57 Å². The Bertz CT molecular complexity index is 860. The molecule has 0 spiro atoms. The van der Waals surface area contributed by atoms with Crippen LogP contribution in [0.5, 0.6) is 0 Å². The average molecular weight is 407 g/mol. The normalized spacial score (nSPS) is 18.0. The van der Waals surface area contributed by atoms with Crippen molar-refractivity contribution >= 4 is 29.9 Å². The van der Waals surface area contributed by atoms with Gasteiger partial charge in [-0.1, -0.05) is 24.3 Å². The Labute approximate surface area is 169 Å². The number of halogens is 1. The van der Waals surface area contributed by atoms with Crippen LogP contribution in [0, 0.1) is 0 Å². The molecule has 0 bridgehead atoms. The molecule has 1 unspecified atom stereocenters. The quantitative estimate of drug-likeness (QED) is 0.724. The van der Waals surface area contributed by atoms with Gasteiger partial charge in [0.1, 0.15) is 0 Å². The Hall–Kier alpha value is -2.48. The standard InChI is InChI=1S/C20H22N2O5.ClH/c1-22(2)10-6-9-21-19(25)15-11-14-16(20(26-3)27-15)18(24)13-8-5-4-7-12(13)17(14)23;/h4-5,7-8,11,20H,6,9-10H2,1-3H3,(H,21,25);1H. The lowest BCUT2D eigenvalue weighted by Gasteiger charge is -2.29. The minimum absolute atomic E-state index is 0. The molecule has 1 heterocycles. The summed E-state index contributed by atoms with van der Waals surface area (Å²) in [6, 6.07) is 6.60. The van der Waals surface area contributed by atoms with Crippen molar-refractivity contribution in [2.45, 2.75) is 12.7 Å². The molecule has 2 aliphatic rings. The fourth-order valence-electron chi connectivity index (χ4n) is 3.10. The summed E-state index contributed by atoms with van der Waals surface area (Å²) < 4.78 is 10.8. The first-order chi connectivity index (χ1) is 12.9. The molecule has 0 fully saturated rings. The van der Waals surface area contributed by atoms with Gasteiger partial charge in [0, 0.05) is 30.4 Å². The highest BCUT2D eigenvalue weighted by Crippen LogP contribution is 2.34. The largest absolute Gasteiger partial charge is 0.455 e. The maximum absolute atomic E-state index is 12.9. The number of benzene rings is 1. The van der Waals surface area contributed by atoms with Gasteiger partial charge in [-0.3, -0.25) is 14.4 Å². The van der Waals surface area contributed by atoms with Crippen LogP contribution >= 0.6 is 12.4 Å². The van der Waals surface area contributed by atoms with Crippen molar-refractivity contribution in [1.29, 1.82) is 0 Å². The number of methoxy groups -OCH3 is 1. The Morgan fingerprint density at radius 3 is 2.43 bits per heavy atom. The number of amides is 1. The smallest absolute Gasteiger partial charge is 0.286 e. The number of fused-ring (bicyclic) bond motifs is 1. The molecule has 0 aromatic heterocycles. The van der Waals surface area contributed by atoms with Crippen LogP contribution in [0.4, 0.5) is 0 Å². The number of hydrogen-bond donors (Lipinski definition) is 1. The topological polar surface area (TPSA) is 84.9 Å². The van der Waals surface area contributed by atoms with Crippen molar-refractivity contribution in [2.75, 3.05) is 34.3 Å². The van der Waals surface area contributed by atoms with Gasteiger partial charge in [-0.15, -0.1) is 12.4 Å². The molecule has 1 amide bonds. The van der Waals surface area contributed by atoms with E-state index >= 15 is 0 Å². The van der Waals surface area contributed by atoms with Crippen LogP contribution in [0.1, 0.15) is 27.1 Å². The zero-order valence-corrected chi connectivity index (χ0v) is 16.8. The third-order valence-corrected chi connectivity index (χ3v) is 4.45. The van der Waals surface area contributed by atoms with Crippen molar-refractivity contribution < 1.29 is 23.9 Å². The summed E-state index contributed by atoms with van der Waals surface area (Å²) >= 11 is 0. The Kier molecular flexibility index (Phi) is 7.12. The van der Waals surface area contributed by atoms with Gasteiger partial charge in [-0.25, -0.2) is 0 Å². The number of carbonyl (C=O) groups is 3. The summed E-state index contributed by atoms with van der Waals surface area (Å²) in [4.78, 5) is 40.1. The fraction of sp³-hybridized carbons (Fsp3) is 0.350. The zero-order valence-electron chi connectivity index (χ0n) is 16.0. The van der Waals surface area contributed by atoms with Crippen molar-refractivity contribution in [1.82, 2.24) is 10.2 Å². The summed E-state index contributed by atoms with van der Waals surface area (Å²) in [5.41, 5.74) is 0.914. The first-order valence-corrected chi connectivity index (χ1v) is 8.70. The molecular formula is C20H23ClN2O5. The van der Waals surface area contributed by atoms with E-state index in [2.05, 4.69) is 5.32 Å². The van der Waals surface area contributed by atoms with E-state index in [4.69, 9.17) is 9.47 Å². The van der Waals surface area contributed by atoms with E-state index in [9.17, 15) is 14.4 Å². The second kappa shape index (κ2) is 9.14. The van der Waals surface area contributed by atoms with Gasteiger partial charge in [-0.05, 0) is 33.1 Å². The molecule has 1 aliphatic carbocycles. The minimum Gasteiger partial charge on any atom is -0.455 e. The number of allylic oxidation sites excluding steroid dienone is 2. The minimum atomic E-state index is -1.10.